The fourth-order valence-electron chi connectivity index (χ4n) is 4.19. The molecule has 0 bridgehead atoms. The molecule has 4 rings (SSSR count). The molecule has 0 unspecified atom stereocenters. The Morgan fingerprint density at radius 3 is 2.77 bits per heavy atom. The third-order valence-electron chi connectivity index (χ3n) is 5.86. The van der Waals surface area contributed by atoms with E-state index in [4.69, 9.17) is 4.98 Å². The maximum absolute atomic E-state index is 13.2. The van der Waals surface area contributed by atoms with Gasteiger partial charge in [0.1, 0.15) is 5.69 Å². The first kappa shape index (κ1) is 21.3. The van der Waals surface area contributed by atoms with Crippen LogP contribution in [0.5, 0.6) is 0 Å². The van der Waals surface area contributed by atoms with Crippen LogP contribution in [0.15, 0.2) is 48.5 Å². The van der Waals surface area contributed by atoms with Crippen LogP contribution in [0.2, 0.25) is 0 Å². The number of rotatable bonds is 6. The molecule has 0 aliphatic carbocycles. The van der Waals surface area contributed by atoms with Crippen molar-refractivity contribution in [1.82, 2.24) is 14.5 Å². The van der Waals surface area contributed by atoms with Gasteiger partial charge in [0.05, 0.1) is 10.6 Å². The molecule has 1 aliphatic rings. The molecule has 31 heavy (non-hydrogen) atoms. The van der Waals surface area contributed by atoms with Crippen molar-refractivity contribution in [2.24, 2.45) is 5.92 Å². The molecule has 1 amide bonds. The standard InChI is InChI=1S/C26H29N3OS/c1-7-18-14-19-10-11-29-24(21(19)15-20(18)13-16(2)3)23(22-9-8-12-31-22)27-25(29)26(30)28(6)17(4)5/h7-9,12,14-16H,1,4,10-11,13H2,2-3,5-6H3. The second-order valence-corrected chi connectivity index (χ2v) is 9.57. The van der Waals surface area contributed by atoms with Gasteiger partial charge in [0.15, 0.2) is 0 Å². The number of hydrogen-bond acceptors (Lipinski definition) is 3. The average Bonchev–Trinajstić information content (AvgIpc) is 3.39. The fraction of sp³-hybridized carbons (Fsp3) is 0.308. The maximum atomic E-state index is 13.2. The van der Waals surface area contributed by atoms with Gasteiger partial charge >= 0.3 is 0 Å². The van der Waals surface area contributed by atoms with Crippen molar-refractivity contribution in [2.75, 3.05) is 7.05 Å². The first-order valence-corrected chi connectivity index (χ1v) is 11.6. The molecule has 160 valence electrons. The zero-order valence-corrected chi connectivity index (χ0v) is 19.6. The molecule has 3 heterocycles. The summed E-state index contributed by atoms with van der Waals surface area (Å²) in [6.07, 6.45) is 3.81. The lowest BCUT2D eigenvalue weighted by atomic mass is 9.88. The highest BCUT2D eigenvalue weighted by Gasteiger charge is 2.30. The number of allylic oxidation sites excluding steroid dienone is 1. The quantitative estimate of drug-likeness (QED) is 0.460. The van der Waals surface area contributed by atoms with Crippen LogP contribution in [0.3, 0.4) is 0 Å². The summed E-state index contributed by atoms with van der Waals surface area (Å²) in [6.45, 7) is 15.0. The summed E-state index contributed by atoms with van der Waals surface area (Å²) in [7, 11) is 1.75. The van der Waals surface area contributed by atoms with Crippen LogP contribution < -0.4 is 0 Å². The Balaban J connectivity index is 1.96. The smallest absolute Gasteiger partial charge is 0.293 e. The van der Waals surface area contributed by atoms with Crippen molar-refractivity contribution in [1.29, 1.82) is 0 Å². The number of benzene rings is 1. The Labute approximate surface area is 188 Å². The molecule has 0 atom stereocenters. The zero-order valence-electron chi connectivity index (χ0n) is 18.7. The number of imidazole rings is 1. The highest BCUT2D eigenvalue weighted by Crippen LogP contribution is 2.41. The predicted molar refractivity (Wildman–Crippen MR) is 130 cm³/mol. The van der Waals surface area contributed by atoms with Gasteiger partial charge in [0, 0.05) is 24.9 Å². The number of fused-ring (bicyclic) bond motifs is 3. The van der Waals surface area contributed by atoms with Crippen LogP contribution in [0.4, 0.5) is 0 Å². The monoisotopic (exact) mass is 431 g/mol. The first-order valence-electron chi connectivity index (χ1n) is 10.7. The Hall–Kier alpha value is -2.92. The van der Waals surface area contributed by atoms with Crippen molar-refractivity contribution in [3.05, 3.63) is 71.0 Å². The highest BCUT2D eigenvalue weighted by atomic mass is 32.1. The minimum absolute atomic E-state index is 0.120. The van der Waals surface area contributed by atoms with Gasteiger partial charge in [-0.15, -0.1) is 11.3 Å². The largest absolute Gasteiger partial charge is 0.319 e. The van der Waals surface area contributed by atoms with Gasteiger partial charge < -0.3 is 9.47 Å². The van der Waals surface area contributed by atoms with Crippen molar-refractivity contribution in [2.45, 2.75) is 40.2 Å². The molecule has 0 radical (unpaired) electrons. The van der Waals surface area contributed by atoms with Crippen LogP contribution in [0.1, 0.15) is 48.1 Å². The molecule has 1 aliphatic heterocycles. The van der Waals surface area contributed by atoms with Crippen molar-refractivity contribution >= 4 is 23.3 Å². The van der Waals surface area contributed by atoms with E-state index in [1.165, 1.54) is 22.3 Å². The summed E-state index contributed by atoms with van der Waals surface area (Å²) < 4.78 is 2.10. The van der Waals surface area contributed by atoms with E-state index in [1.807, 2.05) is 19.1 Å². The second-order valence-electron chi connectivity index (χ2n) is 8.62. The molecule has 0 N–H and O–H groups in total. The molecule has 0 fully saturated rings. The van der Waals surface area contributed by atoms with Crippen molar-refractivity contribution in [3.63, 3.8) is 0 Å². The number of aryl methyl sites for hydroxylation is 1. The first-order chi connectivity index (χ1) is 14.8. The third-order valence-corrected chi connectivity index (χ3v) is 6.74. The van der Waals surface area contributed by atoms with E-state index >= 15 is 0 Å². The van der Waals surface area contributed by atoms with Gasteiger partial charge in [-0.3, -0.25) is 4.79 Å². The van der Waals surface area contributed by atoms with Crippen LogP contribution in [0, 0.1) is 5.92 Å². The number of thiophene rings is 1. The molecule has 0 spiro atoms. The molecule has 0 saturated heterocycles. The lowest BCUT2D eigenvalue weighted by molar-refractivity contribution is 0.0820. The van der Waals surface area contributed by atoms with Crippen LogP contribution in [-0.4, -0.2) is 27.4 Å². The number of amides is 1. The van der Waals surface area contributed by atoms with Gasteiger partial charge in [-0.05, 0) is 59.9 Å². The van der Waals surface area contributed by atoms with Crippen LogP contribution in [0.25, 0.3) is 27.9 Å². The Kier molecular flexibility index (Phi) is 5.71. The summed E-state index contributed by atoms with van der Waals surface area (Å²) in [5, 5.41) is 2.05. The SMILES string of the molecule is C=Cc1cc2c(cc1CC(C)C)-c1c(-c3cccs3)nc(C(=O)N(C)C(=C)C)n1CC2. The Morgan fingerprint density at radius 2 is 2.16 bits per heavy atom. The highest BCUT2D eigenvalue weighted by molar-refractivity contribution is 7.13. The van der Waals surface area contributed by atoms with E-state index in [-0.39, 0.29) is 5.91 Å². The molecule has 1 aromatic carbocycles. The molecule has 2 aromatic heterocycles. The van der Waals surface area contributed by atoms with E-state index in [2.05, 4.69) is 55.2 Å². The summed E-state index contributed by atoms with van der Waals surface area (Å²) in [6, 6.07) is 8.68. The van der Waals surface area contributed by atoms with Gasteiger partial charge in [0.2, 0.25) is 5.82 Å². The van der Waals surface area contributed by atoms with E-state index in [1.54, 1.807) is 23.3 Å². The topological polar surface area (TPSA) is 38.1 Å². The number of carbonyl (C=O) groups is 1. The van der Waals surface area contributed by atoms with Crippen LogP contribution in [-0.2, 0) is 19.4 Å². The Bertz CT molecular complexity index is 1170. The predicted octanol–water partition coefficient (Wildman–Crippen LogP) is 6.28. The fourth-order valence-corrected chi connectivity index (χ4v) is 4.90. The second kappa shape index (κ2) is 8.31. The van der Waals surface area contributed by atoms with E-state index < -0.39 is 0 Å². The molecular formula is C26H29N3OS. The van der Waals surface area contributed by atoms with Crippen LogP contribution >= 0.6 is 11.3 Å². The van der Waals surface area contributed by atoms with E-state index in [0.717, 1.165) is 35.7 Å². The molecule has 5 heteroatoms. The number of hydrogen-bond donors (Lipinski definition) is 0. The maximum Gasteiger partial charge on any atom is 0.293 e. The van der Waals surface area contributed by atoms with E-state index in [9.17, 15) is 4.79 Å². The van der Waals surface area contributed by atoms with Gasteiger partial charge in [-0.25, -0.2) is 4.98 Å². The third kappa shape index (κ3) is 3.79. The van der Waals surface area contributed by atoms with Crippen molar-refractivity contribution in [3.8, 4) is 21.8 Å². The number of nitrogens with zero attached hydrogens (tertiary/aromatic N) is 3. The minimum Gasteiger partial charge on any atom is -0.319 e. The average molecular weight is 432 g/mol. The van der Waals surface area contributed by atoms with Crippen molar-refractivity contribution < 1.29 is 4.79 Å². The number of aromatic nitrogens is 2. The number of carbonyl (C=O) groups excluding carboxylic acids is 1. The molecule has 3 aromatic rings. The lowest BCUT2D eigenvalue weighted by Gasteiger charge is -2.24. The summed E-state index contributed by atoms with van der Waals surface area (Å²) in [4.78, 5) is 20.8. The molecular weight excluding hydrogens is 402 g/mol. The summed E-state index contributed by atoms with van der Waals surface area (Å²) >= 11 is 1.65. The summed E-state index contributed by atoms with van der Waals surface area (Å²) in [5.74, 6) is 0.904. The van der Waals surface area contributed by atoms with Gasteiger partial charge in [0.25, 0.3) is 5.91 Å². The van der Waals surface area contributed by atoms with Gasteiger partial charge in [-0.1, -0.05) is 45.2 Å². The molecule has 0 saturated carbocycles. The van der Waals surface area contributed by atoms with Gasteiger partial charge in [-0.2, -0.15) is 0 Å². The lowest BCUT2D eigenvalue weighted by Crippen LogP contribution is -2.28. The Morgan fingerprint density at radius 1 is 1.39 bits per heavy atom. The summed E-state index contributed by atoms with van der Waals surface area (Å²) in [5.41, 5.74) is 7.60. The minimum atomic E-state index is -0.120. The van der Waals surface area contributed by atoms with E-state index in [0.29, 0.717) is 17.4 Å². The molecule has 4 nitrogen and oxygen atoms in total. The normalized spacial score (nSPS) is 12.4. The zero-order chi connectivity index (χ0) is 22.3.